The fourth-order valence-corrected chi connectivity index (χ4v) is 4.35. The van der Waals surface area contributed by atoms with E-state index in [1.54, 1.807) is 24.3 Å². The number of non-ortho nitro benzene ring substituents is 1. The molecule has 0 fully saturated rings. The normalized spacial score (nSPS) is 12.1. The molecule has 5 aromatic rings. The molecule has 0 heterocycles. The van der Waals surface area contributed by atoms with E-state index >= 15 is 0 Å². The van der Waals surface area contributed by atoms with Gasteiger partial charge in [-0.3, -0.25) is 10.1 Å². The zero-order valence-corrected chi connectivity index (χ0v) is 23.3. The predicted octanol–water partition coefficient (Wildman–Crippen LogP) is 11.9. The van der Waals surface area contributed by atoms with Gasteiger partial charge in [-0.25, -0.2) is 0 Å². The second-order valence-electron chi connectivity index (χ2n) is 9.58. The third-order valence-corrected chi connectivity index (χ3v) is 6.46. The van der Waals surface area contributed by atoms with Gasteiger partial charge in [-0.05, 0) is 72.8 Å². The highest BCUT2D eigenvalue weighted by atomic mass is 19.4. The van der Waals surface area contributed by atoms with Crippen molar-refractivity contribution in [2.45, 2.75) is 12.4 Å². The number of hydrogen-bond acceptors (Lipinski definition) is 7. The lowest BCUT2D eigenvalue weighted by Gasteiger charge is -2.25. The van der Waals surface area contributed by atoms with Crippen molar-refractivity contribution in [1.29, 1.82) is 0 Å². The summed E-state index contributed by atoms with van der Waals surface area (Å²) in [4.78, 5) is 11.9. The van der Waals surface area contributed by atoms with E-state index in [-0.39, 0.29) is 11.8 Å². The molecule has 0 aromatic heterocycles. The molecule has 0 saturated heterocycles. The first-order valence-corrected chi connectivity index (χ1v) is 13.3. The Labute approximate surface area is 257 Å². The Hall–Kier alpha value is -5.92. The van der Waals surface area contributed by atoms with Gasteiger partial charge in [-0.15, -0.1) is 10.2 Å². The SMILES string of the molecule is O=[N+]([O-])c1ccc(N=Nc2ccc(N=Nc3ccc(N(c4ccccc4)c4ccccc4)cc3)c(C(F)(F)F)c2)c(C(F)(F)F)c1. The van der Waals surface area contributed by atoms with Gasteiger partial charge in [0.2, 0.25) is 0 Å². The number of nitro groups is 1. The van der Waals surface area contributed by atoms with Gasteiger partial charge in [-0.2, -0.15) is 36.6 Å². The Balaban J connectivity index is 1.41. The van der Waals surface area contributed by atoms with Gasteiger partial charge in [0.25, 0.3) is 5.69 Å². The molecule has 46 heavy (non-hydrogen) atoms. The monoisotopic (exact) mass is 634 g/mol. The first-order chi connectivity index (χ1) is 21.9. The van der Waals surface area contributed by atoms with E-state index in [1.807, 2.05) is 65.6 Å². The molecule has 0 radical (unpaired) electrons. The molecule has 0 bridgehead atoms. The van der Waals surface area contributed by atoms with Crippen LogP contribution in [0.5, 0.6) is 0 Å². The van der Waals surface area contributed by atoms with Crippen molar-refractivity contribution in [3.63, 3.8) is 0 Å². The molecule has 0 aliphatic rings. The van der Waals surface area contributed by atoms with Crippen molar-refractivity contribution in [3.05, 3.63) is 143 Å². The van der Waals surface area contributed by atoms with Crippen molar-refractivity contribution in [1.82, 2.24) is 0 Å². The Kier molecular flexibility index (Phi) is 8.89. The number of rotatable bonds is 8. The number of nitrogens with zero attached hydrogens (tertiary/aromatic N) is 6. The number of alkyl halides is 6. The van der Waals surface area contributed by atoms with E-state index in [0.717, 1.165) is 35.3 Å². The molecule has 0 amide bonds. The van der Waals surface area contributed by atoms with Crippen LogP contribution in [0.2, 0.25) is 0 Å². The highest BCUT2D eigenvalue weighted by Gasteiger charge is 2.36. The van der Waals surface area contributed by atoms with Crippen molar-refractivity contribution in [2.24, 2.45) is 20.5 Å². The lowest BCUT2D eigenvalue weighted by Crippen LogP contribution is -2.09. The largest absolute Gasteiger partial charge is 0.418 e. The summed E-state index contributed by atoms with van der Waals surface area (Å²) in [6.45, 7) is 0. The zero-order valence-electron chi connectivity index (χ0n) is 23.3. The first kappa shape index (κ1) is 31.5. The van der Waals surface area contributed by atoms with Crippen LogP contribution in [0.15, 0.2) is 142 Å². The van der Waals surface area contributed by atoms with Crippen molar-refractivity contribution in [3.8, 4) is 0 Å². The molecule has 0 N–H and O–H groups in total. The quantitative estimate of drug-likeness (QED) is 0.0735. The molecule has 5 rings (SSSR count). The molecule has 232 valence electrons. The number of halogens is 6. The van der Waals surface area contributed by atoms with Crippen LogP contribution in [0.25, 0.3) is 0 Å². The molecular formula is C32H20F6N6O2. The molecule has 0 spiro atoms. The minimum absolute atomic E-state index is 0.263. The summed E-state index contributed by atoms with van der Waals surface area (Å²) >= 11 is 0. The van der Waals surface area contributed by atoms with Crippen LogP contribution in [0.1, 0.15) is 11.1 Å². The van der Waals surface area contributed by atoms with E-state index < -0.39 is 51.2 Å². The molecule has 14 heteroatoms. The molecule has 0 aliphatic carbocycles. The van der Waals surface area contributed by atoms with E-state index in [9.17, 15) is 36.5 Å². The lowest BCUT2D eigenvalue weighted by atomic mass is 10.1. The van der Waals surface area contributed by atoms with Crippen LogP contribution in [-0.4, -0.2) is 4.92 Å². The van der Waals surface area contributed by atoms with Gasteiger partial charge in [0.15, 0.2) is 0 Å². The minimum Gasteiger partial charge on any atom is -0.311 e. The zero-order chi connectivity index (χ0) is 32.9. The summed E-state index contributed by atoms with van der Waals surface area (Å²) in [7, 11) is 0. The number of azo groups is 2. The molecule has 8 nitrogen and oxygen atoms in total. The summed E-state index contributed by atoms with van der Waals surface area (Å²) in [5.74, 6) is 0. The van der Waals surface area contributed by atoms with E-state index in [1.165, 1.54) is 0 Å². The van der Waals surface area contributed by atoms with Crippen LogP contribution in [0.4, 0.5) is 71.8 Å². The van der Waals surface area contributed by atoms with Crippen LogP contribution < -0.4 is 4.90 Å². The van der Waals surface area contributed by atoms with Crippen LogP contribution in [0, 0.1) is 10.1 Å². The minimum atomic E-state index is -5.03. The molecule has 0 aliphatic heterocycles. The smallest absolute Gasteiger partial charge is 0.311 e. The molecule has 0 saturated carbocycles. The van der Waals surface area contributed by atoms with Gasteiger partial charge in [-0.1, -0.05) is 36.4 Å². The van der Waals surface area contributed by atoms with E-state index in [4.69, 9.17) is 0 Å². The summed E-state index contributed by atoms with van der Waals surface area (Å²) in [6.07, 6.45) is -9.94. The third kappa shape index (κ3) is 7.41. The van der Waals surface area contributed by atoms with Crippen molar-refractivity contribution < 1.29 is 31.3 Å². The number of para-hydroxylation sites is 2. The topological polar surface area (TPSA) is 95.8 Å². The second kappa shape index (κ2) is 13.0. The summed E-state index contributed by atoms with van der Waals surface area (Å²) in [5.41, 5.74) is -2.53. The number of benzene rings is 5. The fraction of sp³-hybridized carbons (Fsp3) is 0.0625. The van der Waals surface area contributed by atoms with Crippen LogP contribution >= 0.6 is 0 Å². The highest BCUT2D eigenvalue weighted by molar-refractivity contribution is 5.77. The van der Waals surface area contributed by atoms with Gasteiger partial charge in [0, 0.05) is 29.2 Å². The number of hydrogen-bond donors (Lipinski definition) is 0. The van der Waals surface area contributed by atoms with Gasteiger partial charge < -0.3 is 4.90 Å². The standard InChI is InChI=1S/C32H20F6N6O2/c33-31(34,35)27-19-22(40-42-30-18-16-26(44(45)46)20-28(30)32(36,37)38)13-17-29(27)41-39-21-11-14-25(15-12-21)43(23-7-3-1-4-8-23)24-9-5-2-6-10-24/h1-20H. The van der Waals surface area contributed by atoms with Crippen molar-refractivity contribution >= 4 is 45.5 Å². The van der Waals surface area contributed by atoms with E-state index in [0.29, 0.717) is 12.1 Å². The fourth-order valence-electron chi connectivity index (χ4n) is 4.35. The molecule has 0 atom stereocenters. The maximum atomic E-state index is 13.9. The Morgan fingerprint density at radius 1 is 0.522 bits per heavy atom. The lowest BCUT2D eigenvalue weighted by molar-refractivity contribution is -0.385. The Morgan fingerprint density at radius 2 is 0.957 bits per heavy atom. The van der Waals surface area contributed by atoms with Gasteiger partial charge >= 0.3 is 12.4 Å². The van der Waals surface area contributed by atoms with Crippen LogP contribution in [-0.2, 0) is 12.4 Å². The Bertz CT molecular complexity index is 1860. The Morgan fingerprint density at radius 3 is 1.46 bits per heavy atom. The molecule has 5 aromatic carbocycles. The predicted molar refractivity (Wildman–Crippen MR) is 159 cm³/mol. The number of anilines is 3. The second-order valence-corrected chi connectivity index (χ2v) is 9.58. The van der Waals surface area contributed by atoms with Crippen molar-refractivity contribution in [2.75, 3.05) is 4.90 Å². The summed E-state index contributed by atoms with van der Waals surface area (Å²) < 4.78 is 82.1. The van der Waals surface area contributed by atoms with Crippen LogP contribution in [0.3, 0.4) is 0 Å². The van der Waals surface area contributed by atoms with E-state index in [2.05, 4.69) is 20.5 Å². The summed E-state index contributed by atoms with van der Waals surface area (Å²) in [5, 5.41) is 25.5. The molecular weight excluding hydrogens is 614 g/mol. The average molecular weight is 635 g/mol. The maximum absolute atomic E-state index is 13.9. The van der Waals surface area contributed by atoms with Gasteiger partial charge in [0.05, 0.1) is 38.8 Å². The number of nitro benzene ring substituents is 1. The maximum Gasteiger partial charge on any atom is 0.418 e. The molecule has 0 unspecified atom stereocenters. The van der Waals surface area contributed by atoms with Gasteiger partial charge in [0.1, 0.15) is 0 Å². The highest BCUT2D eigenvalue weighted by Crippen LogP contribution is 2.42. The average Bonchev–Trinajstić information content (AvgIpc) is 3.04. The third-order valence-electron chi connectivity index (χ3n) is 6.46. The summed E-state index contributed by atoms with van der Waals surface area (Å²) in [6, 6.07) is 30.2. The first-order valence-electron chi connectivity index (χ1n) is 13.3.